The predicted molar refractivity (Wildman–Crippen MR) is 109 cm³/mol. The van der Waals surface area contributed by atoms with E-state index < -0.39 is 17.6 Å². The number of amides is 1. The summed E-state index contributed by atoms with van der Waals surface area (Å²) in [5, 5.41) is 3.29. The Morgan fingerprint density at radius 2 is 2.00 bits per heavy atom. The topological polar surface area (TPSA) is 58.9 Å². The van der Waals surface area contributed by atoms with Crippen LogP contribution in [0.1, 0.15) is 5.56 Å². The SMILES string of the molecule is O=C(CSc1ncc2ccccn12)Nc1cc(C(F)(F)F)ccc1N1CCOCC1. The van der Waals surface area contributed by atoms with Gasteiger partial charge >= 0.3 is 6.18 Å². The zero-order chi connectivity index (χ0) is 21.1. The third kappa shape index (κ3) is 4.54. The normalized spacial score (nSPS) is 14.8. The van der Waals surface area contributed by atoms with Crippen molar-refractivity contribution >= 4 is 34.6 Å². The Morgan fingerprint density at radius 3 is 2.77 bits per heavy atom. The van der Waals surface area contributed by atoms with Gasteiger partial charge in [0.2, 0.25) is 5.91 Å². The molecule has 0 atom stereocenters. The number of imidazole rings is 1. The van der Waals surface area contributed by atoms with Gasteiger partial charge in [0, 0.05) is 19.3 Å². The van der Waals surface area contributed by atoms with Crippen LogP contribution in [-0.2, 0) is 15.7 Å². The monoisotopic (exact) mass is 436 g/mol. The van der Waals surface area contributed by atoms with Crippen molar-refractivity contribution in [2.24, 2.45) is 0 Å². The third-order valence-corrected chi connectivity index (χ3v) is 5.65. The average Bonchev–Trinajstić information content (AvgIpc) is 3.15. The summed E-state index contributed by atoms with van der Waals surface area (Å²) >= 11 is 1.22. The van der Waals surface area contributed by atoms with Gasteiger partial charge in [-0.25, -0.2) is 4.98 Å². The van der Waals surface area contributed by atoms with Gasteiger partial charge in [0.25, 0.3) is 0 Å². The van der Waals surface area contributed by atoms with E-state index in [9.17, 15) is 18.0 Å². The maximum Gasteiger partial charge on any atom is 0.416 e. The largest absolute Gasteiger partial charge is 0.416 e. The van der Waals surface area contributed by atoms with E-state index in [1.165, 1.54) is 17.8 Å². The van der Waals surface area contributed by atoms with Crippen LogP contribution in [0.5, 0.6) is 0 Å². The van der Waals surface area contributed by atoms with E-state index in [2.05, 4.69) is 10.3 Å². The highest BCUT2D eigenvalue weighted by Gasteiger charge is 2.32. The second-order valence-electron chi connectivity index (χ2n) is 6.70. The Morgan fingerprint density at radius 1 is 1.20 bits per heavy atom. The first kappa shape index (κ1) is 20.5. The van der Waals surface area contributed by atoms with E-state index >= 15 is 0 Å². The first-order valence-electron chi connectivity index (χ1n) is 9.30. The van der Waals surface area contributed by atoms with Crippen LogP contribution in [0.2, 0.25) is 0 Å². The molecule has 0 unspecified atom stereocenters. The number of thioether (sulfide) groups is 1. The molecule has 0 saturated carbocycles. The highest BCUT2D eigenvalue weighted by Crippen LogP contribution is 2.36. The van der Waals surface area contributed by atoms with Gasteiger partial charge in [0.15, 0.2) is 5.16 Å². The lowest BCUT2D eigenvalue weighted by atomic mass is 10.1. The first-order chi connectivity index (χ1) is 14.4. The van der Waals surface area contributed by atoms with Gasteiger partial charge < -0.3 is 15.0 Å². The molecule has 6 nitrogen and oxygen atoms in total. The molecule has 1 amide bonds. The molecule has 158 valence electrons. The second kappa shape index (κ2) is 8.57. The predicted octanol–water partition coefficient (Wildman–Crippen LogP) is 3.92. The molecule has 10 heteroatoms. The number of benzene rings is 1. The summed E-state index contributed by atoms with van der Waals surface area (Å²) in [5.74, 6) is -0.381. The van der Waals surface area contributed by atoms with Crippen LogP contribution >= 0.6 is 11.8 Å². The number of hydrogen-bond acceptors (Lipinski definition) is 5. The standard InChI is InChI=1S/C20H19F3N4O2S/c21-20(22,23)14-4-5-17(26-7-9-29-10-8-26)16(11-14)25-18(28)13-30-19-24-12-15-3-1-2-6-27(15)19/h1-6,11-12H,7-10,13H2,(H,25,28). The quantitative estimate of drug-likeness (QED) is 0.615. The fourth-order valence-corrected chi connectivity index (χ4v) is 4.00. The summed E-state index contributed by atoms with van der Waals surface area (Å²) in [7, 11) is 0. The Labute approximate surface area is 175 Å². The smallest absolute Gasteiger partial charge is 0.378 e. The minimum absolute atomic E-state index is 0.0206. The number of morpholine rings is 1. The zero-order valence-corrected chi connectivity index (χ0v) is 16.7. The Kier molecular flexibility index (Phi) is 5.87. The van der Waals surface area contributed by atoms with Gasteiger partial charge in [-0.2, -0.15) is 13.2 Å². The second-order valence-corrected chi connectivity index (χ2v) is 7.64. The number of halogens is 3. The van der Waals surface area contributed by atoms with Gasteiger partial charge in [0.05, 0.1) is 47.6 Å². The highest BCUT2D eigenvalue weighted by atomic mass is 32.2. The molecule has 2 aromatic heterocycles. The molecule has 1 aliphatic heterocycles. The van der Waals surface area contributed by atoms with Crippen LogP contribution < -0.4 is 10.2 Å². The van der Waals surface area contributed by atoms with E-state index in [4.69, 9.17) is 4.74 Å². The number of ether oxygens (including phenoxy) is 1. The summed E-state index contributed by atoms with van der Waals surface area (Å²) in [6.07, 6.45) is -0.956. The van der Waals surface area contributed by atoms with E-state index in [1.807, 2.05) is 33.7 Å². The molecule has 3 aromatic rings. The molecular weight excluding hydrogens is 417 g/mol. The summed E-state index contributed by atoms with van der Waals surface area (Å²) in [5.41, 5.74) is 0.788. The van der Waals surface area contributed by atoms with Crippen molar-refractivity contribution in [1.29, 1.82) is 0 Å². The number of pyridine rings is 1. The number of carbonyl (C=O) groups is 1. The lowest BCUT2D eigenvalue weighted by Crippen LogP contribution is -2.37. The number of aromatic nitrogens is 2. The Balaban J connectivity index is 1.51. The number of nitrogens with zero attached hydrogens (tertiary/aromatic N) is 3. The fourth-order valence-electron chi connectivity index (χ4n) is 3.23. The van der Waals surface area contributed by atoms with Crippen molar-refractivity contribution in [2.75, 3.05) is 42.3 Å². The van der Waals surface area contributed by atoms with Gasteiger partial charge in [-0.15, -0.1) is 0 Å². The van der Waals surface area contributed by atoms with Gasteiger partial charge in [0.1, 0.15) is 0 Å². The van der Waals surface area contributed by atoms with Crippen LogP contribution in [-0.4, -0.2) is 47.3 Å². The van der Waals surface area contributed by atoms with Crippen molar-refractivity contribution in [3.8, 4) is 0 Å². The zero-order valence-electron chi connectivity index (χ0n) is 15.9. The number of nitrogens with one attached hydrogen (secondary N) is 1. The molecule has 0 bridgehead atoms. The van der Waals surface area contributed by atoms with Crippen LogP contribution in [0.15, 0.2) is 53.9 Å². The molecule has 1 aliphatic rings. The van der Waals surface area contributed by atoms with Crippen molar-refractivity contribution in [1.82, 2.24) is 9.38 Å². The van der Waals surface area contributed by atoms with E-state index in [0.717, 1.165) is 17.6 Å². The minimum Gasteiger partial charge on any atom is -0.378 e. The van der Waals surface area contributed by atoms with Crippen molar-refractivity contribution in [3.63, 3.8) is 0 Å². The number of anilines is 2. The van der Waals surface area contributed by atoms with Crippen molar-refractivity contribution in [3.05, 3.63) is 54.4 Å². The molecule has 0 aliphatic carbocycles. The number of carbonyl (C=O) groups excluding carboxylic acids is 1. The summed E-state index contributed by atoms with van der Waals surface area (Å²) in [6.45, 7) is 2.06. The summed E-state index contributed by atoms with van der Waals surface area (Å²) in [4.78, 5) is 18.7. The first-order valence-corrected chi connectivity index (χ1v) is 10.3. The van der Waals surface area contributed by atoms with Crippen LogP contribution in [0.4, 0.5) is 24.5 Å². The number of alkyl halides is 3. The van der Waals surface area contributed by atoms with Gasteiger partial charge in [-0.05, 0) is 30.3 Å². The van der Waals surface area contributed by atoms with E-state index in [0.29, 0.717) is 37.1 Å². The van der Waals surface area contributed by atoms with E-state index in [-0.39, 0.29) is 11.4 Å². The molecular formula is C20H19F3N4O2S. The van der Waals surface area contributed by atoms with Crippen molar-refractivity contribution in [2.45, 2.75) is 11.3 Å². The molecule has 1 fully saturated rings. The van der Waals surface area contributed by atoms with Gasteiger partial charge in [-0.3, -0.25) is 9.20 Å². The summed E-state index contributed by atoms with van der Waals surface area (Å²) in [6, 6.07) is 9.06. The minimum atomic E-state index is -4.49. The maximum absolute atomic E-state index is 13.2. The molecule has 0 radical (unpaired) electrons. The van der Waals surface area contributed by atoms with E-state index in [1.54, 1.807) is 6.20 Å². The van der Waals surface area contributed by atoms with Crippen LogP contribution in [0.3, 0.4) is 0 Å². The van der Waals surface area contributed by atoms with Crippen molar-refractivity contribution < 1.29 is 22.7 Å². The Bertz CT molecular complexity index is 1050. The van der Waals surface area contributed by atoms with Gasteiger partial charge in [-0.1, -0.05) is 17.8 Å². The van der Waals surface area contributed by atoms with Crippen LogP contribution in [0, 0.1) is 0 Å². The molecule has 3 heterocycles. The maximum atomic E-state index is 13.2. The lowest BCUT2D eigenvalue weighted by Gasteiger charge is -2.31. The molecule has 30 heavy (non-hydrogen) atoms. The molecule has 4 rings (SSSR count). The van der Waals surface area contributed by atoms with Crippen LogP contribution in [0.25, 0.3) is 5.52 Å². The molecule has 0 spiro atoms. The highest BCUT2D eigenvalue weighted by molar-refractivity contribution is 7.99. The molecule has 1 saturated heterocycles. The third-order valence-electron chi connectivity index (χ3n) is 4.69. The average molecular weight is 436 g/mol. The molecule has 1 N–H and O–H groups in total. The number of fused-ring (bicyclic) bond motifs is 1. The number of rotatable bonds is 5. The Hall–Kier alpha value is -2.72. The summed E-state index contributed by atoms with van der Waals surface area (Å²) < 4.78 is 46.8. The molecule has 1 aromatic carbocycles. The number of hydrogen-bond donors (Lipinski definition) is 1. The fraction of sp³-hybridized carbons (Fsp3) is 0.300. The lowest BCUT2D eigenvalue weighted by molar-refractivity contribution is -0.137.